The van der Waals surface area contributed by atoms with Crippen LogP contribution in [-0.4, -0.2) is 24.4 Å². The molecule has 0 aliphatic carbocycles. The zero-order valence-electron chi connectivity index (χ0n) is 10.8. The molecule has 19 heavy (non-hydrogen) atoms. The number of nitrogens with one attached hydrogen (secondary N) is 1. The minimum absolute atomic E-state index is 0.355. The molecule has 1 aliphatic heterocycles. The number of ether oxygens (including phenoxy) is 2. The summed E-state index contributed by atoms with van der Waals surface area (Å²) in [5, 5.41) is 3.04. The second-order valence-corrected chi connectivity index (χ2v) is 4.18. The van der Waals surface area contributed by atoms with Crippen molar-refractivity contribution in [3.05, 3.63) is 30.3 Å². The van der Waals surface area contributed by atoms with E-state index in [9.17, 15) is 4.79 Å². The van der Waals surface area contributed by atoms with Gasteiger partial charge in [-0.1, -0.05) is 0 Å². The van der Waals surface area contributed by atoms with E-state index < -0.39 is 0 Å². The molecule has 1 aliphatic rings. The van der Waals surface area contributed by atoms with E-state index in [0.29, 0.717) is 6.61 Å². The normalized spacial score (nSPS) is 11.5. The molecule has 3 rings (SSSR count). The maximum absolute atomic E-state index is 12.0. The summed E-state index contributed by atoms with van der Waals surface area (Å²) >= 11 is 0. The van der Waals surface area contributed by atoms with Gasteiger partial charge in [0.1, 0.15) is 11.6 Å². The summed E-state index contributed by atoms with van der Waals surface area (Å²) in [6.45, 7) is 2.15. The van der Waals surface area contributed by atoms with Gasteiger partial charge in [-0.25, -0.2) is 9.36 Å². The molecule has 0 amide bonds. The molecule has 0 radical (unpaired) electrons. The molecule has 1 aromatic carbocycles. The maximum Gasteiger partial charge on any atom is 0.420 e. The van der Waals surface area contributed by atoms with Crippen LogP contribution in [0.3, 0.4) is 0 Å². The van der Waals surface area contributed by atoms with Gasteiger partial charge in [-0.05, 0) is 42.8 Å². The van der Waals surface area contributed by atoms with Crippen molar-refractivity contribution in [2.24, 2.45) is 0 Å². The molecular weight excluding hydrogens is 244 g/mol. The first kappa shape index (κ1) is 11.6. The second-order valence-electron chi connectivity index (χ2n) is 4.18. The van der Waals surface area contributed by atoms with Crippen LogP contribution in [0.15, 0.2) is 30.3 Å². The average molecular weight is 258 g/mol. The van der Waals surface area contributed by atoms with Gasteiger partial charge in [0.05, 0.1) is 25.1 Å². The molecule has 5 heteroatoms. The van der Waals surface area contributed by atoms with Gasteiger partial charge in [-0.2, -0.15) is 0 Å². The molecular formula is C14H14N2O3. The SMILES string of the molecule is CCOC(=O)n1c(-c2ccc(OC)cc2)cc2c1N2. The predicted octanol–water partition coefficient (Wildman–Crippen LogP) is 3.23. The lowest BCUT2D eigenvalue weighted by Gasteiger charge is -2.09. The highest BCUT2D eigenvalue weighted by Crippen LogP contribution is 2.45. The first-order chi connectivity index (χ1) is 9.24. The molecule has 98 valence electrons. The monoisotopic (exact) mass is 258 g/mol. The zero-order valence-corrected chi connectivity index (χ0v) is 10.8. The molecule has 2 heterocycles. The fraction of sp³-hybridized carbons (Fsp3) is 0.214. The number of nitrogens with zero attached hydrogens (tertiary/aromatic N) is 1. The van der Waals surface area contributed by atoms with Crippen molar-refractivity contribution in [1.82, 2.24) is 4.57 Å². The van der Waals surface area contributed by atoms with E-state index in [4.69, 9.17) is 9.47 Å². The number of fused-ring (bicyclic) bond motifs is 1. The largest absolute Gasteiger partial charge is 0.497 e. The van der Waals surface area contributed by atoms with Crippen molar-refractivity contribution >= 4 is 17.6 Å². The lowest BCUT2D eigenvalue weighted by atomic mass is 10.1. The summed E-state index contributed by atoms with van der Waals surface area (Å²) in [5.41, 5.74) is 2.74. The lowest BCUT2D eigenvalue weighted by Crippen LogP contribution is -2.14. The van der Waals surface area contributed by atoms with Gasteiger partial charge >= 0.3 is 6.09 Å². The molecule has 0 bridgehead atoms. The molecule has 2 aromatic rings. The van der Waals surface area contributed by atoms with E-state index in [1.165, 1.54) is 0 Å². The van der Waals surface area contributed by atoms with E-state index in [1.54, 1.807) is 18.6 Å². The second kappa shape index (κ2) is 4.35. The van der Waals surface area contributed by atoms with Gasteiger partial charge < -0.3 is 14.8 Å². The fourth-order valence-electron chi connectivity index (χ4n) is 2.05. The van der Waals surface area contributed by atoms with E-state index in [2.05, 4.69) is 5.32 Å². The van der Waals surface area contributed by atoms with Gasteiger partial charge in [0, 0.05) is 0 Å². The average Bonchev–Trinajstić information content (AvgIpc) is 3.09. The van der Waals surface area contributed by atoms with Crippen LogP contribution < -0.4 is 10.1 Å². The van der Waals surface area contributed by atoms with Crippen LogP contribution in [0.1, 0.15) is 6.92 Å². The topological polar surface area (TPSA) is 62.4 Å². The van der Waals surface area contributed by atoms with Crippen molar-refractivity contribution in [1.29, 1.82) is 0 Å². The Kier molecular flexibility index (Phi) is 2.67. The minimum Gasteiger partial charge on any atom is -0.497 e. The molecule has 0 spiro atoms. The number of anilines is 2. The van der Waals surface area contributed by atoms with Gasteiger partial charge in [-0.15, -0.1) is 0 Å². The van der Waals surface area contributed by atoms with E-state index in [0.717, 1.165) is 28.5 Å². The Balaban J connectivity index is 1.99. The van der Waals surface area contributed by atoms with Crippen LogP contribution in [0.5, 0.6) is 5.75 Å². The molecule has 1 aromatic heterocycles. The third-order valence-corrected chi connectivity index (χ3v) is 3.03. The van der Waals surface area contributed by atoms with Gasteiger partial charge in [-0.3, -0.25) is 0 Å². The standard InChI is InChI=1S/C14H14N2O3/c1-3-19-14(17)16-12(8-11-13(16)15-11)9-4-6-10(18-2)7-5-9/h4-8,15H,3H2,1-2H3. The number of rotatable bonds is 3. The zero-order chi connectivity index (χ0) is 13.4. The number of methoxy groups -OCH3 is 1. The highest BCUT2D eigenvalue weighted by molar-refractivity contribution is 6.00. The Hall–Kier alpha value is -2.43. The quantitative estimate of drug-likeness (QED) is 0.733. The fourth-order valence-corrected chi connectivity index (χ4v) is 2.05. The highest BCUT2D eigenvalue weighted by Gasteiger charge is 2.30. The van der Waals surface area contributed by atoms with Crippen LogP contribution in [0.2, 0.25) is 0 Å². The molecule has 1 N–H and O–H groups in total. The summed E-state index contributed by atoms with van der Waals surface area (Å²) in [4.78, 5) is 12.0. The molecule has 0 fully saturated rings. The summed E-state index contributed by atoms with van der Waals surface area (Å²) in [7, 11) is 1.62. The highest BCUT2D eigenvalue weighted by atomic mass is 16.5. The van der Waals surface area contributed by atoms with E-state index >= 15 is 0 Å². The summed E-state index contributed by atoms with van der Waals surface area (Å²) in [6.07, 6.45) is -0.362. The molecule has 0 atom stereocenters. The van der Waals surface area contributed by atoms with Gasteiger partial charge in [0.15, 0.2) is 0 Å². The summed E-state index contributed by atoms with van der Waals surface area (Å²) in [6, 6.07) is 9.51. The first-order valence-electron chi connectivity index (χ1n) is 6.09. The van der Waals surface area contributed by atoms with Crippen LogP contribution in [0.4, 0.5) is 16.3 Å². The summed E-state index contributed by atoms with van der Waals surface area (Å²) in [5.74, 6) is 1.60. The molecule has 0 unspecified atom stereocenters. The predicted molar refractivity (Wildman–Crippen MR) is 72.1 cm³/mol. The first-order valence-corrected chi connectivity index (χ1v) is 6.09. The maximum atomic E-state index is 12.0. The Morgan fingerprint density at radius 2 is 2.05 bits per heavy atom. The number of hydrogen-bond acceptors (Lipinski definition) is 4. The van der Waals surface area contributed by atoms with Gasteiger partial charge in [0.25, 0.3) is 0 Å². The van der Waals surface area contributed by atoms with Crippen LogP contribution in [0.25, 0.3) is 11.3 Å². The van der Waals surface area contributed by atoms with Gasteiger partial charge in [0.2, 0.25) is 0 Å². The Bertz CT molecular complexity index is 629. The summed E-state index contributed by atoms with van der Waals surface area (Å²) < 4.78 is 11.8. The van der Waals surface area contributed by atoms with Crippen molar-refractivity contribution in [3.8, 4) is 17.0 Å². The van der Waals surface area contributed by atoms with E-state index in [-0.39, 0.29) is 6.09 Å². The van der Waals surface area contributed by atoms with Crippen molar-refractivity contribution < 1.29 is 14.3 Å². The Labute approximate surface area is 110 Å². The Morgan fingerprint density at radius 1 is 1.32 bits per heavy atom. The molecule has 5 nitrogen and oxygen atoms in total. The van der Waals surface area contributed by atoms with Crippen LogP contribution >= 0.6 is 0 Å². The molecule has 0 saturated heterocycles. The number of carbonyl (C=O) groups excluding carboxylic acids is 1. The van der Waals surface area contributed by atoms with Crippen LogP contribution in [-0.2, 0) is 4.74 Å². The Morgan fingerprint density at radius 3 is 2.68 bits per heavy atom. The van der Waals surface area contributed by atoms with Crippen molar-refractivity contribution in [3.63, 3.8) is 0 Å². The smallest absolute Gasteiger partial charge is 0.420 e. The third-order valence-electron chi connectivity index (χ3n) is 3.03. The van der Waals surface area contributed by atoms with Crippen molar-refractivity contribution in [2.75, 3.05) is 19.0 Å². The third kappa shape index (κ3) is 1.93. The number of hydrogen-bond donors (Lipinski definition) is 1. The van der Waals surface area contributed by atoms with Crippen molar-refractivity contribution in [2.45, 2.75) is 6.92 Å². The lowest BCUT2D eigenvalue weighted by molar-refractivity contribution is 0.155. The number of benzene rings is 1. The van der Waals surface area contributed by atoms with Crippen LogP contribution in [0, 0.1) is 0 Å². The number of aromatic nitrogens is 1. The minimum atomic E-state index is -0.362. The van der Waals surface area contributed by atoms with E-state index in [1.807, 2.05) is 30.3 Å². The molecule has 0 saturated carbocycles. The number of carbonyl (C=O) groups is 1.